The van der Waals surface area contributed by atoms with Gasteiger partial charge in [0.1, 0.15) is 0 Å². The molecule has 126 valence electrons. The number of halogens is 1. The fourth-order valence-corrected chi connectivity index (χ4v) is 3.20. The summed E-state index contributed by atoms with van der Waals surface area (Å²) in [7, 11) is 0. The second kappa shape index (κ2) is 10.4. The third-order valence-corrected chi connectivity index (χ3v) is 4.37. The number of benzene rings is 1. The first-order valence-electron chi connectivity index (χ1n) is 7.69. The van der Waals surface area contributed by atoms with Crippen molar-refractivity contribution in [2.45, 2.75) is 26.2 Å². The van der Waals surface area contributed by atoms with Crippen LogP contribution in [-0.2, 0) is 4.79 Å². The Balaban J connectivity index is 0.00000264. The van der Waals surface area contributed by atoms with Crippen molar-refractivity contribution in [1.82, 2.24) is 10.6 Å². The minimum absolute atomic E-state index is 0. The molecule has 0 aliphatic heterocycles. The molecule has 1 aromatic heterocycles. The van der Waals surface area contributed by atoms with Crippen molar-refractivity contribution in [2.75, 3.05) is 19.6 Å². The Morgan fingerprint density at radius 3 is 2.65 bits per heavy atom. The molecule has 1 amide bonds. The van der Waals surface area contributed by atoms with Gasteiger partial charge in [0.15, 0.2) is 5.78 Å². The van der Waals surface area contributed by atoms with E-state index < -0.39 is 0 Å². The second-order valence-electron chi connectivity index (χ2n) is 5.17. The Bertz CT molecular complexity index is 642. The third-order valence-electron chi connectivity index (χ3n) is 3.41. The maximum atomic E-state index is 12.3. The summed E-state index contributed by atoms with van der Waals surface area (Å²) in [5.41, 5.74) is 0.734. The van der Waals surface area contributed by atoms with Crippen LogP contribution in [-0.4, -0.2) is 31.3 Å². The van der Waals surface area contributed by atoms with Gasteiger partial charge in [0.2, 0.25) is 5.91 Å². The average molecular weight is 355 g/mol. The summed E-state index contributed by atoms with van der Waals surface area (Å²) in [5.74, 6) is -0.0251. The van der Waals surface area contributed by atoms with Gasteiger partial charge in [0, 0.05) is 47.0 Å². The highest BCUT2D eigenvalue weighted by Crippen LogP contribution is 2.26. The van der Waals surface area contributed by atoms with E-state index in [0.29, 0.717) is 6.54 Å². The number of rotatable bonds is 9. The van der Waals surface area contributed by atoms with Crippen molar-refractivity contribution in [1.29, 1.82) is 0 Å². The minimum Gasteiger partial charge on any atom is -0.355 e. The zero-order valence-corrected chi connectivity index (χ0v) is 14.9. The van der Waals surface area contributed by atoms with E-state index in [1.807, 2.05) is 29.6 Å². The standard InChI is InChI=1S/C17H22N2O2S.ClH/c1-2-9-18-10-11-19-17(21)8-7-15(20)14-12-22-16-6-4-3-5-13(14)16;/h3-6,12,18H,2,7-11H2,1H3,(H,19,21);1H. The molecule has 0 aliphatic carbocycles. The molecule has 0 aliphatic rings. The lowest BCUT2D eigenvalue weighted by Gasteiger charge is -2.05. The molecule has 0 saturated carbocycles. The molecular formula is C17H23ClN2O2S. The molecule has 0 spiro atoms. The van der Waals surface area contributed by atoms with Crippen molar-refractivity contribution < 1.29 is 9.59 Å². The summed E-state index contributed by atoms with van der Waals surface area (Å²) in [5, 5.41) is 8.92. The molecule has 23 heavy (non-hydrogen) atoms. The maximum absolute atomic E-state index is 12.3. The van der Waals surface area contributed by atoms with Crippen LogP contribution in [0.4, 0.5) is 0 Å². The van der Waals surface area contributed by atoms with Crippen molar-refractivity contribution in [3.8, 4) is 0 Å². The molecule has 2 aromatic rings. The molecule has 0 unspecified atom stereocenters. The van der Waals surface area contributed by atoms with Gasteiger partial charge in [-0.1, -0.05) is 25.1 Å². The topological polar surface area (TPSA) is 58.2 Å². The summed E-state index contributed by atoms with van der Waals surface area (Å²) in [6.45, 7) is 4.43. The number of amides is 1. The van der Waals surface area contributed by atoms with Crippen molar-refractivity contribution in [3.05, 3.63) is 35.2 Å². The van der Waals surface area contributed by atoms with Gasteiger partial charge in [0.25, 0.3) is 0 Å². The van der Waals surface area contributed by atoms with Crippen molar-refractivity contribution in [2.24, 2.45) is 0 Å². The highest BCUT2D eigenvalue weighted by atomic mass is 35.5. The van der Waals surface area contributed by atoms with Gasteiger partial charge in [0.05, 0.1) is 0 Å². The highest BCUT2D eigenvalue weighted by Gasteiger charge is 2.13. The number of nitrogens with one attached hydrogen (secondary N) is 2. The smallest absolute Gasteiger partial charge is 0.220 e. The van der Waals surface area contributed by atoms with Crippen LogP contribution in [0.25, 0.3) is 10.1 Å². The number of Topliss-reactive ketones (excluding diaryl/α,β-unsaturated/α-hetero) is 1. The number of carbonyl (C=O) groups excluding carboxylic acids is 2. The molecule has 4 nitrogen and oxygen atoms in total. The van der Waals surface area contributed by atoms with Crippen LogP contribution in [0, 0.1) is 0 Å². The maximum Gasteiger partial charge on any atom is 0.220 e. The van der Waals surface area contributed by atoms with Crippen LogP contribution in [0.1, 0.15) is 36.5 Å². The largest absolute Gasteiger partial charge is 0.355 e. The van der Waals surface area contributed by atoms with Crippen LogP contribution in [0.5, 0.6) is 0 Å². The number of ketones is 1. The van der Waals surface area contributed by atoms with Crippen LogP contribution in [0.2, 0.25) is 0 Å². The molecule has 0 bridgehead atoms. The van der Waals surface area contributed by atoms with E-state index in [1.54, 1.807) is 11.3 Å². The molecule has 6 heteroatoms. The predicted molar refractivity (Wildman–Crippen MR) is 98.8 cm³/mol. The number of hydrogen-bond donors (Lipinski definition) is 2. The van der Waals surface area contributed by atoms with E-state index in [9.17, 15) is 9.59 Å². The average Bonchev–Trinajstić information content (AvgIpc) is 2.96. The summed E-state index contributed by atoms with van der Waals surface area (Å²) < 4.78 is 1.11. The molecule has 2 rings (SSSR count). The highest BCUT2D eigenvalue weighted by molar-refractivity contribution is 7.17. The number of carbonyl (C=O) groups is 2. The summed E-state index contributed by atoms with van der Waals surface area (Å²) in [6.07, 6.45) is 1.59. The zero-order chi connectivity index (χ0) is 15.8. The first-order valence-corrected chi connectivity index (χ1v) is 8.57. The first-order chi connectivity index (χ1) is 10.7. The molecule has 0 fully saturated rings. The molecule has 1 aromatic carbocycles. The SMILES string of the molecule is CCCNCCNC(=O)CCC(=O)c1csc2ccccc12.Cl. The molecule has 0 radical (unpaired) electrons. The molecule has 1 heterocycles. The van der Waals surface area contributed by atoms with Crippen LogP contribution < -0.4 is 10.6 Å². The van der Waals surface area contributed by atoms with Gasteiger partial charge in [-0.15, -0.1) is 23.7 Å². The molecular weight excluding hydrogens is 332 g/mol. The van der Waals surface area contributed by atoms with Crippen molar-refractivity contribution >= 4 is 45.5 Å². The van der Waals surface area contributed by atoms with Gasteiger partial charge in [-0.25, -0.2) is 0 Å². The third kappa shape index (κ3) is 5.94. The monoisotopic (exact) mass is 354 g/mol. The van der Waals surface area contributed by atoms with Crippen molar-refractivity contribution in [3.63, 3.8) is 0 Å². The van der Waals surface area contributed by atoms with Crippen LogP contribution in [0.15, 0.2) is 29.6 Å². The Kier molecular flexibility index (Phi) is 8.84. The van der Waals surface area contributed by atoms with Gasteiger partial charge in [-0.2, -0.15) is 0 Å². The minimum atomic E-state index is -0.0637. The number of thiophene rings is 1. The van der Waals surface area contributed by atoms with E-state index in [2.05, 4.69) is 17.6 Å². The van der Waals surface area contributed by atoms with E-state index in [-0.39, 0.29) is 36.9 Å². The summed E-state index contributed by atoms with van der Waals surface area (Å²) in [6, 6.07) is 7.86. The summed E-state index contributed by atoms with van der Waals surface area (Å²) in [4.78, 5) is 24.0. The van der Waals surface area contributed by atoms with E-state index >= 15 is 0 Å². The van der Waals surface area contributed by atoms with Gasteiger partial charge < -0.3 is 10.6 Å². The van der Waals surface area contributed by atoms with Gasteiger partial charge >= 0.3 is 0 Å². The Labute approximate surface area is 147 Å². The predicted octanol–water partition coefficient (Wildman–Crippen LogP) is 3.40. The molecule has 0 atom stereocenters. The molecule has 2 N–H and O–H groups in total. The normalized spacial score (nSPS) is 10.3. The lowest BCUT2D eigenvalue weighted by Crippen LogP contribution is -2.32. The van der Waals surface area contributed by atoms with E-state index in [4.69, 9.17) is 0 Å². The Hall–Kier alpha value is -1.43. The van der Waals surface area contributed by atoms with Crippen LogP contribution in [0.3, 0.4) is 0 Å². The van der Waals surface area contributed by atoms with E-state index in [0.717, 1.165) is 35.2 Å². The fourth-order valence-electron chi connectivity index (χ4n) is 2.24. The number of hydrogen-bond acceptors (Lipinski definition) is 4. The zero-order valence-electron chi connectivity index (χ0n) is 13.3. The lowest BCUT2D eigenvalue weighted by molar-refractivity contribution is -0.121. The van der Waals surface area contributed by atoms with Crippen LogP contribution >= 0.6 is 23.7 Å². The van der Waals surface area contributed by atoms with E-state index in [1.165, 1.54) is 0 Å². The Morgan fingerprint density at radius 2 is 1.87 bits per heavy atom. The second-order valence-corrected chi connectivity index (χ2v) is 6.08. The lowest BCUT2D eigenvalue weighted by atomic mass is 10.1. The fraction of sp³-hybridized carbons (Fsp3) is 0.412. The summed E-state index contributed by atoms with van der Waals surface area (Å²) >= 11 is 1.57. The first kappa shape index (κ1) is 19.6. The van der Waals surface area contributed by atoms with Gasteiger partial charge in [-0.3, -0.25) is 9.59 Å². The quantitative estimate of drug-likeness (QED) is 0.536. The Morgan fingerprint density at radius 1 is 1.09 bits per heavy atom. The number of fused-ring (bicyclic) bond motifs is 1. The van der Waals surface area contributed by atoms with Gasteiger partial charge in [-0.05, 0) is 19.0 Å². The molecule has 0 saturated heterocycles.